The highest BCUT2D eigenvalue weighted by Gasteiger charge is 2.34. The van der Waals surface area contributed by atoms with Crippen LogP contribution in [0.2, 0.25) is 10.0 Å². The van der Waals surface area contributed by atoms with Crippen molar-refractivity contribution in [2.75, 3.05) is 5.32 Å². The molecule has 8 heteroatoms. The average Bonchev–Trinajstić information content (AvgIpc) is 2.92. The molecule has 2 aromatic rings. The van der Waals surface area contributed by atoms with E-state index >= 15 is 0 Å². The summed E-state index contributed by atoms with van der Waals surface area (Å²) in [7, 11) is 0. The topological polar surface area (TPSA) is 84.2 Å². The Morgan fingerprint density at radius 3 is 2.39 bits per heavy atom. The van der Waals surface area contributed by atoms with Crippen LogP contribution >= 0.6 is 23.2 Å². The van der Waals surface area contributed by atoms with Crippen LogP contribution in [0.15, 0.2) is 30.4 Å². The van der Waals surface area contributed by atoms with Gasteiger partial charge in [-0.25, -0.2) is 0 Å². The predicted molar refractivity (Wildman–Crippen MR) is 109 cm³/mol. The van der Waals surface area contributed by atoms with E-state index in [2.05, 4.69) is 10.4 Å². The second-order valence-electron chi connectivity index (χ2n) is 6.89. The number of allylic oxidation sites excluding steroid dienone is 2. The number of aromatic nitrogens is 2. The highest BCUT2D eigenvalue weighted by atomic mass is 35.5. The van der Waals surface area contributed by atoms with Crippen LogP contribution in [0.1, 0.15) is 29.8 Å². The first-order chi connectivity index (χ1) is 13.3. The molecular formula is C20H21Cl2N3O3. The van der Waals surface area contributed by atoms with Gasteiger partial charge in [-0.3, -0.25) is 14.3 Å². The van der Waals surface area contributed by atoms with Crippen LogP contribution in [0.4, 0.5) is 5.69 Å². The number of nitrogens with zero attached hydrogens (tertiary/aromatic N) is 2. The monoisotopic (exact) mass is 421 g/mol. The molecule has 1 aromatic carbocycles. The molecule has 28 heavy (non-hydrogen) atoms. The van der Waals surface area contributed by atoms with Crippen LogP contribution in [-0.4, -0.2) is 26.8 Å². The minimum absolute atomic E-state index is 0.307. The van der Waals surface area contributed by atoms with E-state index in [9.17, 15) is 14.7 Å². The van der Waals surface area contributed by atoms with E-state index in [0.29, 0.717) is 40.8 Å². The van der Waals surface area contributed by atoms with E-state index in [-0.39, 0.29) is 5.91 Å². The maximum atomic E-state index is 12.8. The quantitative estimate of drug-likeness (QED) is 0.697. The second-order valence-corrected chi connectivity index (χ2v) is 7.70. The Balaban J connectivity index is 1.83. The standard InChI is InChI=1S/C20H21Cl2N3O3/c1-11-18(23-19(26)13-6-3-4-7-14(13)20(27)28)12(2)25(24-11)10-15-16(21)8-5-9-17(15)22/h3-5,8-9,13-14H,6-7,10H2,1-2H3,(H,23,26)(H,27,28)/t13-,14-/m0/s1. The fraction of sp³-hybridized carbons (Fsp3) is 0.350. The van der Waals surface area contributed by atoms with Crippen LogP contribution in [0.3, 0.4) is 0 Å². The molecule has 1 aliphatic rings. The molecule has 0 saturated heterocycles. The number of carboxylic acid groups (broad SMARTS) is 1. The molecule has 0 spiro atoms. The lowest BCUT2D eigenvalue weighted by Crippen LogP contribution is -2.35. The van der Waals surface area contributed by atoms with Crippen LogP contribution in [0, 0.1) is 25.7 Å². The van der Waals surface area contributed by atoms with E-state index in [0.717, 1.165) is 11.3 Å². The number of anilines is 1. The molecular weight excluding hydrogens is 401 g/mol. The lowest BCUT2D eigenvalue weighted by Gasteiger charge is -2.24. The third-order valence-corrected chi connectivity index (χ3v) is 5.79. The molecule has 1 aromatic heterocycles. The first-order valence-corrected chi connectivity index (χ1v) is 9.70. The van der Waals surface area contributed by atoms with Gasteiger partial charge in [0, 0.05) is 15.6 Å². The molecule has 6 nitrogen and oxygen atoms in total. The Hall–Kier alpha value is -2.31. The number of aryl methyl sites for hydroxylation is 1. The molecule has 2 N–H and O–H groups in total. The zero-order valence-electron chi connectivity index (χ0n) is 15.6. The third kappa shape index (κ3) is 4.08. The zero-order valence-corrected chi connectivity index (χ0v) is 17.1. The Labute approximate surface area is 173 Å². The lowest BCUT2D eigenvalue weighted by molar-refractivity contribution is -0.146. The smallest absolute Gasteiger partial charge is 0.307 e. The number of carbonyl (C=O) groups is 2. The van der Waals surface area contributed by atoms with Gasteiger partial charge in [-0.15, -0.1) is 0 Å². The summed E-state index contributed by atoms with van der Waals surface area (Å²) >= 11 is 12.5. The van der Waals surface area contributed by atoms with Crippen molar-refractivity contribution in [2.24, 2.45) is 11.8 Å². The van der Waals surface area contributed by atoms with Crippen molar-refractivity contribution >= 4 is 40.8 Å². The Kier molecular flexibility index (Phi) is 6.10. The number of hydrogen-bond acceptors (Lipinski definition) is 3. The number of carbonyl (C=O) groups excluding carboxylic acids is 1. The lowest BCUT2D eigenvalue weighted by atomic mass is 9.82. The van der Waals surface area contributed by atoms with Crippen molar-refractivity contribution in [3.05, 3.63) is 57.3 Å². The number of carboxylic acids is 1. The number of nitrogens with one attached hydrogen (secondary N) is 1. The van der Waals surface area contributed by atoms with E-state index in [1.54, 1.807) is 29.8 Å². The number of benzene rings is 1. The summed E-state index contributed by atoms with van der Waals surface area (Å²) in [6, 6.07) is 5.30. The highest BCUT2D eigenvalue weighted by molar-refractivity contribution is 6.35. The summed E-state index contributed by atoms with van der Waals surface area (Å²) in [5.74, 6) is -2.59. The minimum Gasteiger partial charge on any atom is -0.481 e. The van der Waals surface area contributed by atoms with Crippen molar-refractivity contribution in [1.82, 2.24) is 9.78 Å². The van der Waals surface area contributed by atoms with E-state index in [1.807, 2.05) is 19.1 Å². The molecule has 0 radical (unpaired) electrons. The largest absolute Gasteiger partial charge is 0.481 e. The molecule has 148 valence electrons. The molecule has 2 atom stereocenters. The molecule has 0 fully saturated rings. The summed E-state index contributed by atoms with van der Waals surface area (Å²) in [6.45, 7) is 4.00. The molecule has 0 saturated carbocycles. The zero-order chi connectivity index (χ0) is 20.4. The summed E-state index contributed by atoms with van der Waals surface area (Å²) < 4.78 is 1.73. The fourth-order valence-corrected chi connectivity index (χ4v) is 3.97. The normalized spacial score (nSPS) is 18.9. The minimum atomic E-state index is -0.956. The second kappa shape index (κ2) is 8.37. The molecule has 1 amide bonds. The highest BCUT2D eigenvalue weighted by Crippen LogP contribution is 2.30. The SMILES string of the molecule is Cc1nn(Cc2c(Cl)cccc2Cl)c(C)c1NC(=O)[C@H]1CC=CC[C@@H]1C(=O)O. The first-order valence-electron chi connectivity index (χ1n) is 8.95. The van der Waals surface area contributed by atoms with Gasteiger partial charge in [0.05, 0.1) is 35.5 Å². The van der Waals surface area contributed by atoms with Gasteiger partial charge in [0.25, 0.3) is 0 Å². The van der Waals surface area contributed by atoms with Crippen molar-refractivity contribution in [2.45, 2.75) is 33.2 Å². The number of amides is 1. The Morgan fingerprint density at radius 2 is 1.79 bits per heavy atom. The van der Waals surface area contributed by atoms with Crippen molar-refractivity contribution in [3.8, 4) is 0 Å². The van der Waals surface area contributed by atoms with Crippen molar-refractivity contribution in [1.29, 1.82) is 0 Å². The number of hydrogen-bond donors (Lipinski definition) is 2. The van der Waals surface area contributed by atoms with Gasteiger partial charge >= 0.3 is 5.97 Å². The maximum Gasteiger partial charge on any atom is 0.307 e. The van der Waals surface area contributed by atoms with Gasteiger partial charge in [-0.2, -0.15) is 5.10 Å². The molecule has 0 bridgehead atoms. The fourth-order valence-electron chi connectivity index (χ4n) is 3.46. The van der Waals surface area contributed by atoms with Gasteiger partial charge in [-0.05, 0) is 38.8 Å². The van der Waals surface area contributed by atoms with Crippen molar-refractivity contribution < 1.29 is 14.7 Å². The number of halogens is 2. The molecule has 1 aliphatic carbocycles. The van der Waals surface area contributed by atoms with E-state index in [4.69, 9.17) is 23.2 Å². The van der Waals surface area contributed by atoms with Crippen LogP contribution in [0.25, 0.3) is 0 Å². The Morgan fingerprint density at radius 1 is 1.18 bits per heavy atom. The summed E-state index contributed by atoms with van der Waals surface area (Å²) in [4.78, 5) is 24.2. The van der Waals surface area contributed by atoms with Crippen LogP contribution < -0.4 is 5.32 Å². The maximum absolute atomic E-state index is 12.8. The van der Waals surface area contributed by atoms with Crippen LogP contribution in [-0.2, 0) is 16.1 Å². The van der Waals surface area contributed by atoms with Gasteiger partial charge in [0.1, 0.15) is 0 Å². The molecule has 0 unspecified atom stereocenters. The average molecular weight is 422 g/mol. The first kappa shape index (κ1) is 20.4. The molecule has 3 rings (SSSR count). The number of aliphatic carboxylic acids is 1. The molecule has 0 aliphatic heterocycles. The van der Waals surface area contributed by atoms with Gasteiger partial charge in [0.2, 0.25) is 5.91 Å². The van der Waals surface area contributed by atoms with E-state index < -0.39 is 17.8 Å². The summed E-state index contributed by atoms with van der Waals surface area (Å²) in [6.07, 6.45) is 4.43. The van der Waals surface area contributed by atoms with Crippen LogP contribution in [0.5, 0.6) is 0 Å². The van der Waals surface area contributed by atoms with E-state index in [1.165, 1.54) is 0 Å². The van der Waals surface area contributed by atoms with Gasteiger partial charge in [0.15, 0.2) is 0 Å². The number of rotatable bonds is 5. The van der Waals surface area contributed by atoms with Gasteiger partial charge in [-0.1, -0.05) is 41.4 Å². The molecule has 1 heterocycles. The van der Waals surface area contributed by atoms with Gasteiger partial charge < -0.3 is 10.4 Å². The van der Waals surface area contributed by atoms with Crippen molar-refractivity contribution in [3.63, 3.8) is 0 Å². The third-order valence-electron chi connectivity index (χ3n) is 5.09. The summed E-state index contributed by atoms with van der Waals surface area (Å²) in [5, 5.41) is 17.9. The predicted octanol–water partition coefficient (Wildman–Crippen LogP) is 4.46. The Bertz CT molecular complexity index is 932. The summed E-state index contributed by atoms with van der Waals surface area (Å²) in [5.41, 5.74) is 2.73.